The van der Waals surface area contributed by atoms with Crippen molar-refractivity contribution >= 4 is 17.5 Å². The molecule has 0 unspecified atom stereocenters. The van der Waals surface area contributed by atoms with E-state index in [0.717, 1.165) is 5.56 Å². The number of likely N-dealkylation sites (tertiary alicyclic amines) is 1. The Kier molecular flexibility index (Phi) is 6.36. The molecule has 0 spiro atoms. The first-order chi connectivity index (χ1) is 15.9. The Hall–Kier alpha value is -3.80. The lowest BCUT2D eigenvalue weighted by Crippen LogP contribution is -2.41. The standard InChI is InChI=1S/C24H26N4O5/c1-14-18(15(2)26-24(31)19(14)12-25)4-6-22(29)28-9-7-16(8-10-28)23(30)27-17-3-5-20-21(11-17)33-13-32-20/h3,5,11,16H,4,6-10,13H2,1-2H3,(H,26,31)(H,27,30). The fourth-order valence-electron chi connectivity index (χ4n) is 4.42. The summed E-state index contributed by atoms with van der Waals surface area (Å²) in [4.78, 5) is 41.8. The van der Waals surface area contributed by atoms with Gasteiger partial charge in [-0.2, -0.15) is 5.26 Å². The fourth-order valence-corrected chi connectivity index (χ4v) is 4.42. The lowest BCUT2D eigenvalue weighted by molar-refractivity contribution is -0.134. The van der Waals surface area contributed by atoms with Gasteiger partial charge in [0.05, 0.1) is 0 Å². The average Bonchev–Trinajstić information content (AvgIpc) is 3.27. The Morgan fingerprint density at radius 3 is 2.67 bits per heavy atom. The van der Waals surface area contributed by atoms with Crippen LogP contribution in [0.4, 0.5) is 5.69 Å². The Morgan fingerprint density at radius 1 is 1.21 bits per heavy atom. The van der Waals surface area contributed by atoms with E-state index in [1.165, 1.54) is 0 Å². The largest absolute Gasteiger partial charge is 0.454 e. The number of carbonyl (C=O) groups excluding carboxylic acids is 2. The molecule has 3 heterocycles. The van der Waals surface area contributed by atoms with E-state index in [1.807, 2.05) is 6.07 Å². The first-order valence-corrected chi connectivity index (χ1v) is 11.0. The first-order valence-electron chi connectivity index (χ1n) is 11.0. The summed E-state index contributed by atoms with van der Waals surface area (Å²) < 4.78 is 10.6. The summed E-state index contributed by atoms with van der Waals surface area (Å²) in [5.41, 5.74) is 2.50. The van der Waals surface area contributed by atoms with Crippen LogP contribution in [0.25, 0.3) is 0 Å². The molecule has 2 aliphatic rings. The van der Waals surface area contributed by atoms with Gasteiger partial charge in [0.25, 0.3) is 5.56 Å². The van der Waals surface area contributed by atoms with Crippen molar-refractivity contribution in [1.82, 2.24) is 9.88 Å². The van der Waals surface area contributed by atoms with Crippen molar-refractivity contribution in [3.8, 4) is 17.6 Å². The molecule has 2 aromatic rings. The minimum atomic E-state index is -0.399. The molecule has 0 saturated carbocycles. The lowest BCUT2D eigenvalue weighted by Gasteiger charge is -2.31. The predicted octanol–water partition coefficient (Wildman–Crippen LogP) is 2.40. The third-order valence-corrected chi connectivity index (χ3v) is 6.37. The summed E-state index contributed by atoms with van der Waals surface area (Å²) in [6.45, 7) is 4.74. The maximum absolute atomic E-state index is 12.8. The number of carbonyl (C=O) groups is 2. The van der Waals surface area contributed by atoms with Gasteiger partial charge in [0.2, 0.25) is 18.6 Å². The highest BCUT2D eigenvalue weighted by Crippen LogP contribution is 2.34. The van der Waals surface area contributed by atoms with Crippen LogP contribution in [0.5, 0.6) is 11.5 Å². The second-order valence-corrected chi connectivity index (χ2v) is 8.38. The molecular formula is C24H26N4O5. The van der Waals surface area contributed by atoms with E-state index < -0.39 is 5.56 Å². The third-order valence-electron chi connectivity index (χ3n) is 6.37. The Morgan fingerprint density at radius 2 is 1.94 bits per heavy atom. The van der Waals surface area contributed by atoms with Crippen LogP contribution in [0.15, 0.2) is 23.0 Å². The molecular weight excluding hydrogens is 424 g/mol. The van der Waals surface area contributed by atoms with Gasteiger partial charge in [0.15, 0.2) is 11.5 Å². The van der Waals surface area contributed by atoms with Gasteiger partial charge in [-0.15, -0.1) is 0 Å². The molecule has 0 radical (unpaired) electrons. The monoisotopic (exact) mass is 450 g/mol. The second-order valence-electron chi connectivity index (χ2n) is 8.38. The highest BCUT2D eigenvalue weighted by molar-refractivity contribution is 5.93. The van der Waals surface area contributed by atoms with Crippen molar-refractivity contribution in [2.75, 3.05) is 25.2 Å². The van der Waals surface area contributed by atoms with Gasteiger partial charge in [-0.25, -0.2) is 0 Å². The van der Waals surface area contributed by atoms with Crippen molar-refractivity contribution in [2.45, 2.75) is 39.5 Å². The van der Waals surface area contributed by atoms with Crippen LogP contribution in [0.2, 0.25) is 0 Å². The number of nitriles is 1. The highest BCUT2D eigenvalue weighted by atomic mass is 16.7. The molecule has 1 aromatic carbocycles. The van der Waals surface area contributed by atoms with E-state index in [4.69, 9.17) is 9.47 Å². The minimum absolute atomic E-state index is 0.00753. The second kappa shape index (κ2) is 9.36. The van der Waals surface area contributed by atoms with E-state index in [1.54, 1.807) is 36.9 Å². The van der Waals surface area contributed by atoms with E-state index >= 15 is 0 Å². The number of ether oxygens (including phenoxy) is 2. The number of H-pyrrole nitrogens is 1. The van der Waals surface area contributed by atoms with Crippen LogP contribution >= 0.6 is 0 Å². The maximum atomic E-state index is 12.8. The van der Waals surface area contributed by atoms with Crippen molar-refractivity contribution in [1.29, 1.82) is 5.26 Å². The number of aryl methyl sites for hydroxylation is 1. The quantitative estimate of drug-likeness (QED) is 0.721. The summed E-state index contributed by atoms with van der Waals surface area (Å²) in [5.74, 6) is 1.05. The summed E-state index contributed by atoms with van der Waals surface area (Å²) in [7, 11) is 0. The van der Waals surface area contributed by atoms with Crippen LogP contribution in [0, 0.1) is 31.1 Å². The number of aromatic amines is 1. The topological polar surface area (TPSA) is 125 Å². The number of benzene rings is 1. The van der Waals surface area contributed by atoms with Crippen LogP contribution in [-0.2, 0) is 16.0 Å². The zero-order valence-electron chi connectivity index (χ0n) is 18.7. The Balaban J connectivity index is 1.29. The smallest absolute Gasteiger partial charge is 0.266 e. The molecule has 2 aliphatic heterocycles. The molecule has 1 fully saturated rings. The van der Waals surface area contributed by atoms with Crippen molar-refractivity contribution in [2.24, 2.45) is 5.92 Å². The number of nitrogens with one attached hydrogen (secondary N) is 2. The van der Waals surface area contributed by atoms with Crippen LogP contribution < -0.4 is 20.3 Å². The summed E-state index contributed by atoms with van der Waals surface area (Å²) in [6.07, 6.45) is 1.92. The molecule has 1 aromatic heterocycles. The van der Waals surface area contributed by atoms with Crippen LogP contribution in [0.3, 0.4) is 0 Å². The van der Waals surface area contributed by atoms with Crippen molar-refractivity contribution in [3.05, 3.63) is 50.9 Å². The van der Waals surface area contributed by atoms with Gasteiger partial charge in [-0.1, -0.05) is 0 Å². The normalized spacial score (nSPS) is 15.2. The summed E-state index contributed by atoms with van der Waals surface area (Å²) in [5, 5.41) is 12.1. The lowest BCUT2D eigenvalue weighted by atomic mass is 9.94. The molecule has 0 aliphatic carbocycles. The van der Waals surface area contributed by atoms with Crippen LogP contribution in [-0.4, -0.2) is 41.6 Å². The van der Waals surface area contributed by atoms with Gasteiger partial charge in [0.1, 0.15) is 11.6 Å². The molecule has 1 saturated heterocycles. The Bertz CT molecular complexity index is 1190. The first kappa shape index (κ1) is 22.4. The number of hydrogen-bond acceptors (Lipinski definition) is 6. The van der Waals surface area contributed by atoms with E-state index in [-0.39, 0.29) is 36.5 Å². The van der Waals surface area contributed by atoms with Gasteiger partial charge < -0.3 is 24.7 Å². The number of rotatable bonds is 5. The molecule has 2 amide bonds. The van der Waals surface area contributed by atoms with Gasteiger partial charge >= 0.3 is 0 Å². The number of anilines is 1. The molecule has 0 atom stereocenters. The SMILES string of the molecule is Cc1[nH]c(=O)c(C#N)c(C)c1CCC(=O)N1CCC(C(=O)Nc2ccc3c(c2)OCO3)CC1. The van der Waals surface area contributed by atoms with E-state index in [9.17, 15) is 19.6 Å². The zero-order valence-corrected chi connectivity index (χ0v) is 18.7. The van der Waals surface area contributed by atoms with Crippen molar-refractivity contribution in [3.63, 3.8) is 0 Å². The number of hydrogen-bond donors (Lipinski definition) is 2. The predicted molar refractivity (Wildman–Crippen MR) is 120 cm³/mol. The van der Waals surface area contributed by atoms with Crippen molar-refractivity contribution < 1.29 is 19.1 Å². The summed E-state index contributed by atoms with van der Waals surface area (Å²) >= 11 is 0. The molecule has 4 rings (SSSR count). The minimum Gasteiger partial charge on any atom is -0.454 e. The summed E-state index contributed by atoms with van der Waals surface area (Å²) in [6, 6.07) is 7.23. The van der Waals surface area contributed by atoms with Gasteiger partial charge in [0, 0.05) is 42.9 Å². The maximum Gasteiger partial charge on any atom is 0.266 e. The average molecular weight is 450 g/mol. The van der Waals surface area contributed by atoms with E-state index in [2.05, 4.69) is 10.3 Å². The number of nitrogens with zero attached hydrogens (tertiary/aromatic N) is 2. The molecule has 9 heteroatoms. The molecule has 172 valence electrons. The molecule has 33 heavy (non-hydrogen) atoms. The Labute approximate surface area is 191 Å². The third kappa shape index (κ3) is 4.70. The molecule has 2 N–H and O–H groups in total. The number of piperidine rings is 1. The number of amides is 2. The van der Waals surface area contributed by atoms with Crippen LogP contribution in [0.1, 0.15) is 41.6 Å². The number of pyridine rings is 1. The van der Waals surface area contributed by atoms with Gasteiger partial charge in [-0.3, -0.25) is 14.4 Å². The van der Waals surface area contributed by atoms with E-state index in [0.29, 0.717) is 60.8 Å². The molecule has 9 nitrogen and oxygen atoms in total. The molecule has 0 bridgehead atoms. The fraction of sp³-hybridized carbons (Fsp3) is 0.417. The highest BCUT2D eigenvalue weighted by Gasteiger charge is 2.28. The number of aromatic nitrogens is 1. The number of fused-ring (bicyclic) bond motifs is 1. The van der Waals surface area contributed by atoms with Gasteiger partial charge in [-0.05, 0) is 56.4 Å². The zero-order chi connectivity index (χ0) is 23.5.